The van der Waals surface area contributed by atoms with Crippen molar-refractivity contribution in [3.8, 4) is 11.8 Å². The lowest BCUT2D eigenvalue weighted by molar-refractivity contribution is -0.145. The lowest BCUT2D eigenvalue weighted by atomic mass is 10.2. The minimum Gasteiger partial charge on any atom is -0.479 e. The molecule has 0 aromatic heterocycles. The number of carboxylic acids is 1. The van der Waals surface area contributed by atoms with Crippen molar-refractivity contribution in [1.82, 2.24) is 0 Å². The highest BCUT2D eigenvalue weighted by atomic mass is 16.5. The van der Waals surface area contributed by atoms with E-state index in [1.807, 2.05) is 6.07 Å². The number of nitrogens with zero attached hydrogens (tertiary/aromatic N) is 1. The van der Waals surface area contributed by atoms with E-state index in [1.165, 1.54) is 6.07 Å². The second-order valence-corrected chi connectivity index (χ2v) is 2.99. The summed E-state index contributed by atoms with van der Waals surface area (Å²) < 4.78 is 5.22. The van der Waals surface area contributed by atoms with E-state index in [2.05, 4.69) is 0 Å². The summed E-state index contributed by atoms with van der Waals surface area (Å²) in [6.45, 7) is 1.73. The van der Waals surface area contributed by atoms with Crippen LogP contribution in [-0.2, 0) is 4.79 Å². The lowest BCUT2D eigenvalue weighted by Crippen LogP contribution is -2.25. The smallest absolute Gasteiger partial charge is 0.344 e. The van der Waals surface area contributed by atoms with Gasteiger partial charge in [0.1, 0.15) is 5.75 Å². The number of carbonyl (C=O) groups is 1. The molecule has 15 heavy (non-hydrogen) atoms. The minimum atomic E-state index is -1.00. The zero-order valence-electron chi connectivity index (χ0n) is 8.30. The second kappa shape index (κ2) is 5.01. The van der Waals surface area contributed by atoms with Crippen LogP contribution in [0.1, 0.15) is 18.9 Å². The highest BCUT2D eigenvalue weighted by Gasteiger charge is 2.16. The van der Waals surface area contributed by atoms with Crippen molar-refractivity contribution in [3.05, 3.63) is 29.8 Å². The summed E-state index contributed by atoms with van der Waals surface area (Å²) >= 11 is 0. The van der Waals surface area contributed by atoms with Crippen molar-refractivity contribution in [3.63, 3.8) is 0 Å². The molecule has 0 aliphatic rings. The molecule has 4 nitrogen and oxygen atoms in total. The molecular weight excluding hydrogens is 194 g/mol. The van der Waals surface area contributed by atoms with Crippen LogP contribution >= 0.6 is 0 Å². The van der Waals surface area contributed by atoms with Gasteiger partial charge in [-0.3, -0.25) is 0 Å². The molecule has 1 rings (SSSR count). The van der Waals surface area contributed by atoms with Gasteiger partial charge in [-0.15, -0.1) is 0 Å². The Balaban J connectivity index is 2.80. The van der Waals surface area contributed by atoms with Gasteiger partial charge in [0, 0.05) is 0 Å². The number of nitriles is 1. The zero-order valence-corrected chi connectivity index (χ0v) is 8.30. The average molecular weight is 205 g/mol. The van der Waals surface area contributed by atoms with Gasteiger partial charge in [0.2, 0.25) is 0 Å². The largest absolute Gasteiger partial charge is 0.479 e. The van der Waals surface area contributed by atoms with E-state index in [0.717, 1.165) is 0 Å². The van der Waals surface area contributed by atoms with Crippen LogP contribution in [0.25, 0.3) is 0 Å². The summed E-state index contributed by atoms with van der Waals surface area (Å²) in [5.41, 5.74) is 0.452. The Bertz CT molecular complexity index is 395. The summed E-state index contributed by atoms with van der Waals surface area (Å²) in [7, 11) is 0. The van der Waals surface area contributed by atoms with E-state index < -0.39 is 12.1 Å². The third-order valence-corrected chi connectivity index (χ3v) is 1.89. The second-order valence-electron chi connectivity index (χ2n) is 2.99. The summed E-state index contributed by atoms with van der Waals surface area (Å²) in [4.78, 5) is 10.7. The fourth-order valence-electron chi connectivity index (χ4n) is 1.11. The van der Waals surface area contributed by atoms with Gasteiger partial charge in [-0.05, 0) is 24.6 Å². The highest BCUT2D eigenvalue weighted by Crippen LogP contribution is 2.15. The molecule has 0 saturated heterocycles. The molecule has 0 heterocycles. The topological polar surface area (TPSA) is 70.3 Å². The van der Waals surface area contributed by atoms with Crippen LogP contribution in [0.15, 0.2) is 24.3 Å². The third-order valence-electron chi connectivity index (χ3n) is 1.89. The molecule has 1 atom stereocenters. The van der Waals surface area contributed by atoms with Gasteiger partial charge in [-0.25, -0.2) is 4.79 Å². The van der Waals surface area contributed by atoms with Gasteiger partial charge >= 0.3 is 5.97 Å². The lowest BCUT2D eigenvalue weighted by Gasteiger charge is -2.12. The number of ether oxygens (including phenoxy) is 1. The van der Waals surface area contributed by atoms with Crippen LogP contribution in [0, 0.1) is 11.3 Å². The molecule has 0 radical (unpaired) electrons. The van der Waals surface area contributed by atoms with Crippen LogP contribution in [0.2, 0.25) is 0 Å². The normalized spacial score (nSPS) is 11.5. The molecule has 4 heteroatoms. The van der Waals surface area contributed by atoms with Crippen LogP contribution in [0.3, 0.4) is 0 Å². The van der Waals surface area contributed by atoms with Gasteiger partial charge in [0.15, 0.2) is 6.10 Å². The van der Waals surface area contributed by atoms with Crippen LogP contribution in [0.4, 0.5) is 0 Å². The van der Waals surface area contributed by atoms with Gasteiger partial charge in [0.25, 0.3) is 0 Å². The molecule has 0 spiro atoms. The van der Waals surface area contributed by atoms with E-state index >= 15 is 0 Å². The molecule has 78 valence electrons. The first-order valence-electron chi connectivity index (χ1n) is 4.57. The van der Waals surface area contributed by atoms with Gasteiger partial charge in [0.05, 0.1) is 11.6 Å². The van der Waals surface area contributed by atoms with Crippen molar-refractivity contribution in [2.45, 2.75) is 19.4 Å². The molecule has 0 amide bonds. The first-order valence-corrected chi connectivity index (χ1v) is 4.57. The maximum Gasteiger partial charge on any atom is 0.344 e. The molecule has 0 aliphatic carbocycles. The summed E-state index contributed by atoms with van der Waals surface area (Å²) in [6, 6.07) is 8.40. The molecule has 0 fully saturated rings. The number of rotatable bonds is 4. The van der Waals surface area contributed by atoms with E-state index in [-0.39, 0.29) is 0 Å². The molecule has 0 bridgehead atoms. The Morgan fingerprint density at radius 1 is 1.67 bits per heavy atom. The molecule has 1 unspecified atom stereocenters. The Hall–Kier alpha value is -2.02. The number of hydrogen-bond donors (Lipinski definition) is 1. The first kappa shape index (κ1) is 11.1. The number of aliphatic carboxylic acids is 1. The zero-order chi connectivity index (χ0) is 11.3. The molecular formula is C11H11NO3. The Morgan fingerprint density at radius 2 is 2.40 bits per heavy atom. The fraction of sp³-hybridized carbons (Fsp3) is 0.273. The number of carboxylic acid groups (broad SMARTS) is 1. The van der Waals surface area contributed by atoms with Crippen molar-refractivity contribution < 1.29 is 14.6 Å². The number of hydrogen-bond acceptors (Lipinski definition) is 3. The van der Waals surface area contributed by atoms with Gasteiger partial charge < -0.3 is 9.84 Å². The SMILES string of the molecule is CCC(Oc1cccc(C#N)c1)C(=O)O. The molecule has 0 aliphatic heterocycles. The average Bonchev–Trinajstić information content (AvgIpc) is 2.25. The first-order chi connectivity index (χ1) is 7.17. The van der Waals surface area contributed by atoms with E-state index in [4.69, 9.17) is 15.1 Å². The van der Waals surface area contributed by atoms with Crippen LogP contribution < -0.4 is 4.74 Å². The predicted octanol–water partition coefficient (Wildman–Crippen LogP) is 1.80. The van der Waals surface area contributed by atoms with Crippen LogP contribution in [-0.4, -0.2) is 17.2 Å². The summed E-state index contributed by atoms with van der Waals surface area (Å²) in [6.07, 6.45) is -0.481. The molecule has 1 N–H and O–H groups in total. The Morgan fingerprint density at radius 3 is 2.93 bits per heavy atom. The maximum absolute atomic E-state index is 10.7. The summed E-state index contributed by atoms with van der Waals surface area (Å²) in [5, 5.41) is 17.4. The minimum absolute atomic E-state index is 0.381. The van der Waals surface area contributed by atoms with E-state index in [9.17, 15) is 4.79 Å². The van der Waals surface area contributed by atoms with Crippen molar-refractivity contribution >= 4 is 5.97 Å². The standard InChI is InChI=1S/C11H11NO3/c1-2-10(11(13)14)15-9-5-3-4-8(6-9)7-12/h3-6,10H,2H2,1H3,(H,13,14). The van der Waals surface area contributed by atoms with E-state index in [1.54, 1.807) is 25.1 Å². The molecule has 1 aromatic rings. The monoisotopic (exact) mass is 205 g/mol. The predicted molar refractivity (Wildman–Crippen MR) is 53.5 cm³/mol. The molecule has 1 aromatic carbocycles. The van der Waals surface area contributed by atoms with E-state index in [0.29, 0.717) is 17.7 Å². The third kappa shape index (κ3) is 2.99. The quantitative estimate of drug-likeness (QED) is 0.813. The Kier molecular flexibility index (Phi) is 3.69. The van der Waals surface area contributed by atoms with Gasteiger partial charge in [-0.1, -0.05) is 13.0 Å². The highest BCUT2D eigenvalue weighted by molar-refractivity contribution is 5.72. The molecule has 0 saturated carbocycles. The van der Waals surface area contributed by atoms with Crippen molar-refractivity contribution in [2.24, 2.45) is 0 Å². The summed E-state index contributed by atoms with van der Waals surface area (Å²) in [5.74, 6) is -0.594. The van der Waals surface area contributed by atoms with Gasteiger partial charge in [-0.2, -0.15) is 5.26 Å². The maximum atomic E-state index is 10.7. The fourth-order valence-corrected chi connectivity index (χ4v) is 1.11. The Labute approximate surface area is 87.7 Å². The van der Waals surface area contributed by atoms with Crippen molar-refractivity contribution in [2.75, 3.05) is 0 Å². The number of benzene rings is 1. The van der Waals surface area contributed by atoms with Crippen LogP contribution in [0.5, 0.6) is 5.75 Å². The van der Waals surface area contributed by atoms with Crippen molar-refractivity contribution in [1.29, 1.82) is 5.26 Å².